The third-order valence-corrected chi connectivity index (χ3v) is 3.96. The third kappa shape index (κ3) is 2.60. The Balaban J connectivity index is 1.95. The van der Waals surface area contributed by atoms with Crippen molar-refractivity contribution >= 4 is 28.5 Å². The van der Waals surface area contributed by atoms with Crippen LogP contribution in [0.5, 0.6) is 0 Å². The van der Waals surface area contributed by atoms with Crippen molar-refractivity contribution in [3.8, 4) is 0 Å². The molecule has 7 heteroatoms. The number of nitrogens with zero attached hydrogens (tertiary/aromatic N) is 4. The van der Waals surface area contributed by atoms with Crippen LogP contribution in [0.1, 0.15) is 23.3 Å². The lowest BCUT2D eigenvalue weighted by Crippen LogP contribution is -2.35. The van der Waals surface area contributed by atoms with Gasteiger partial charge in [-0.2, -0.15) is 0 Å². The fraction of sp³-hybridized carbons (Fsp3) is 0.176. The van der Waals surface area contributed by atoms with Gasteiger partial charge in [-0.05, 0) is 31.2 Å². The Morgan fingerprint density at radius 3 is 2.54 bits per heavy atom. The van der Waals surface area contributed by atoms with Gasteiger partial charge in [0.05, 0.1) is 16.8 Å². The van der Waals surface area contributed by atoms with Crippen LogP contribution in [-0.2, 0) is 4.79 Å². The van der Waals surface area contributed by atoms with Gasteiger partial charge in [-0.15, -0.1) is 5.10 Å². The molecule has 7 nitrogen and oxygen atoms in total. The lowest BCUT2D eigenvalue weighted by molar-refractivity contribution is -0.121. The lowest BCUT2D eigenvalue weighted by Gasteiger charge is -2.23. The molecule has 3 aromatic rings. The monoisotopic (exact) mass is 323 g/mol. The molecule has 0 aliphatic carbocycles. The van der Waals surface area contributed by atoms with Crippen molar-refractivity contribution < 1.29 is 9.59 Å². The zero-order valence-electron chi connectivity index (χ0n) is 13.4. The molecule has 0 saturated heterocycles. The number of amides is 2. The number of fused-ring (bicyclic) bond motifs is 1. The number of para-hydroxylation sites is 2. The SMILES string of the molecule is CC(C(=O)N(C)c1ccccc1C(N)=O)n1nnc2ccccc21. The maximum absolute atomic E-state index is 12.8. The van der Waals surface area contributed by atoms with Gasteiger partial charge in [0.1, 0.15) is 11.6 Å². The van der Waals surface area contributed by atoms with Crippen molar-refractivity contribution in [2.24, 2.45) is 5.73 Å². The molecule has 1 aromatic heterocycles. The smallest absolute Gasteiger partial charge is 0.251 e. The average Bonchev–Trinajstić information content (AvgIpc) is 3.03. The number of benzene rings is 2. The number of nitrogens with two attached hydrogens (primary N) is 1. The van der Waals surface area contributed by atoms with Gasteiger partial charge in [0.2, 0.25) is 0 Å². The summed E-state index contributed by atoms with van der Waals surface area (Å²) in [5.41, 5.74) is 7.65. The molecule has 24 heavy (non-hydrogen) atoms. The molecular weight excluding hydrogens is 306 g/mol. The first kappa shape index (κ1) is 15.7. The minimum Gasteiger partial charge on any atom is -0.366 e. The molecule has 0 radical (unpaired) electrons. The van der Waals surface area contributed by atoms with E-state index in [-0.39, 0.29) is 5.91 Å². The predicted molar refractivity (Wildman–Crippen MR) is 90.6 cm³/mol. The molecule has 2 N–H and O–H groups in total. The number of carbonyl (C=O) groups excluding carboxylic acids is 2. The molecule has 2 aromatic carbocycles. The van der Waals surface area contributed by atoms with Crippen LogP contribution < -0.4 is 10.6 Å². The van der Waals surface area contributed by atoms with E-state index in [0.717, 1.165) is 11.0 Å². The number of aromatic nitrogens is 3. The second-order valence-corrected chi connectivity index (χ2v) is 5.48. The first-order valence-electron chi connectivity index (χ1n) is 7.47. The fourth-order valence-electron chi connectivity index (χ4n) is 2.65. The van der Waals surface area contributed by atoms with E-state index in [1.807, 2.05) is 24.3 Å². The van der Waals surface area contributed by atoms with Crippen LogP contribution >= 0.6 is 0 Å². The molecule has 3 rings (SSSR count). The highest BCUT2D eigenvalue weighted by Crippen LogP contribution is 2.23. The zero-order valence-corrected chi connectivity index (χ0v) is 13.4. The maximum atomic E-state index is 12.8. The molecule has 1 atom stereocenters. The van der Waals surface area contributed by atoms with Crippen LogP contribution in [0.25, 0.3) is 11.0 Å². The summed E-state index contributed by atoms with van der Waals surface area (Å²) in [6.45, 7) is 1.74. The van der Waals surface area contributed by atoms with Crippen molar-refractivity contribution in [2.75, 3.05) is 11.9 Å². The van der Waals surface area contributed by atoms with Crippen LogP contribution in [0, 0.1) is 0 Å². The molecule has 0 fully saturated rings. The van der Waals surface area contributed by atoms with Gasteiger partial charge < -0.3 is 10.6 Å². The molecule has 0 aliphatic heterocycles. The maximum Gasteiger partial charge on any atom is 0.251 e. The Hall–Kier alpha value is -3.22. The van der Waals surface area contributed by atoms with Gasteiger partial charge in [-0.3, -0.25) is 9.59 Å². The number of likely N-dealkylation sites (N-methyl/N-ethyl adjacent to an activating group) is 1. The largest absolute Gasteiger partial charge is 0.366 e. The second kappa shape index (κ2) is 6.11. The Labute approximate surface area is 138 Å². The Kier molecular flexibility index (Phi) is 3.99. The first-order chi connectivity index (χ1) is 11.5. The molecular formula is C17H17N5O2. The van der Waals surface area contributed by atoms with Crippen molar-refractivity contribution in [1.29, 1.82) is 0 Å². The van der Waals surface area contributed by atoms with Crippen LogP contribution in [0.4, 0.5) is 5.69 Å². The number of primary amides is 1. The Bertz CT molecular complexity index is 918. The summed E-state index contributed by atoms with van der Waals surface area (Å²) in [4.78, 5) is 25.8. The second-order valence-electron chi connectivity index (χ2n) is 5.48. The highest BCUT2D eigenvalue weighted by atomic mass is 16.2. The van der Waals surface area contributed by atoms with Crippen LogP contribution in [0.2, 0.25) is 0 Å². The summed E-state index contributed by atoms with van der Waals surface area (Å²) in [5, 5.41) is 8.15. The molecule has 0 aliphatic rings. The van der Waals surface area contributed by atoms with E-state index in [9.17, 15) is 9.59 Å². The van der Waals surface area contributed by atoms with Gasteiger partial charge in [-0.1, -0.05) is 29.5 Å². The average molecular weight is 323 g/mol. The van der Waals surface area contributed by atoms with E-state index in [0.29, 0.717) is 11.3 Å². The normalized spacial score (nSPS) is 12.1. The van der Waals surface area contributed by atoms with E-state index in [1.165, 1.54) is 4.90 Å². The summed E-state index contributed by atoms with van der Waals surface area (Å²) in [6, 6.07) is 13.6. The number of carbonyl (C=O) groups is 2. The van der Waals surface area contributed by atoms with Gasteiger partial charge in [0.25, 0.3) is 11.8 Å². The summed E-state index contributed by atoms with van der Waals surface area (Å²) in [6.07, 6.45) is 0. The minimum atomic E-state index is -0.580. The van der Waals surface area contributed by atoms with Crippen molar-refractivity contribution in [2.45, 2.75) is 13.0 Å². The van der Waals surface area contributed by atoms with Crippen molar-refractivity contribution in [3.05, 3.63) is 54.1 Å². The van der Waals surface area contributed by atoms with Crippen LogP contribution in [0.3, 0.4) is 0 Å². The molecule has 0 saturated carbocycles. The topological polar surface area (TPSA) is 94.1 Å². The van der Waals surface area contributed by atoms with E-state index in [2.05, 4.69) is 10.3 Å². The van der Waals surface area contributed by atoms with Crippen LogP contribution in [-0.4, -0.2) is 33.9 Å². The molecule has 0 spiro atoms. The van der Waals surface area contributed by atoms with Crippen molar-refractivity contribution in [1.82, 2.24) is 15.0 Å². The van der Waals surface area contributed by atoms with E-state index >= 15 is 0 Å². The van der Waals surface area contributed by atoms with Gasteiger partial charge in [0, 0.05) is 7.05 Å². The molecule has 1 unspecified atom stereocenters. The number of rotatable bonds is 4. The van der Waals surface area contributed by atoms with E-state index < -0.39 is 11.9 Å². The lowest BCUT2D eigenvalue weighted by atomic mass is 10.1. The first-order valence-corrected chi connectivity index (χ1v) is 7.47. The van der Waals surface area contributed by atoms with E-state index in [1.54, 1.807) is 42.9 Å². The molecule has 1 heterocycles. The summed E-state index contributed by atoms with van der Waals surface area (Å²) < 4.78 is 1.57. The summed E-state index contributed by atoms with van der Waals surface area (Å²) >= 11 is 0. The Morgan fingerprint density at radius 2 is 1.79 bits per heavy atom. The molecule has 0 bridgehead atoms. The fourth-order valence-corrected chi connectivity index (χ4v) is 2.65. The number of anilines is 1. The predicted octanol–water partition coefficient (Wildman–Crippen LogP) is 1.75. The number of hydrogen-bond acceptors (Lipinski definition) is 4. The van der Waals surface area contributed by atoms with E-state index in [4.69, 9.17) is 5.73 Å². The zero-order chi connectivity index (χ0) is 17.3. The van der Waals surface area contributed by atoms with Gasteiger partial charge >= 0.3 is 0 Å². The quantitative estimate of drug-likeness (QED) is 0.791. The third-order valence-electron chi connectivity index (χ3n) is 3.96. The molecule has 122 valence electrons. The van der Waals surface area contributed by atoms with Gasteiger partial charge in [-0.25, -0.2) is 4.68 Å². The minimum absolute atomic E-state index is 0.223. The van der Waals surface area contributed by atoms with Crippen molar-refractivity contribution in [3.63, 3.8) is 0 Å². The standard InChI is InChI=1S/C17H17N5O2/c1-11(22-15-10-6-4-8-13(15)19-20-22)17(24)21(2)14-9-5-3-7-12(14)16(18)23/h3-11H,1-2H3,(H2,18,23). The summed E-state index contributed by atoms with van der Waals surface area (Å²) in [5.74, 6) is -0.802. The highest BCUT2D eigenvalue weighted by molar-refractivity contribution is 6.04. The summed E-state index contributed by atoms with van der Waals surface area (Å²) in [7, 11) is 1.61. The van der Waals surface area contributed by atoms with Gasteiger partial charge in [0.15, 0.2) is 0 Å². The Morgan fingerprint density at radius 1 is 1.12 bits per heavy atom. The number of hydrogen-bond donors (Lipinski definition) is 1. The van der Waals surface area contributed by atoms with Crippen LogP contribution in [0.15, 0.2) is 48.5 Å². The molecule has 2 amide bonds. The highest BCUT2D eigenvalue weighted by Gasteiger charge is 2.25.